The van der Waals surface area contributed by atoms with E-state index in [0.29, 0.717) is 18.0 Å². The second-order valence-corrected chi connectivity index (χ2v) is 6.21. The molecule has 3 rings (SSSR count). The summed E-state index contributed by atoms with van der Waals surface area (Å²) in [4.78, 5) is 2.55. The van der Waals surface area contributed by atoms with E-state index in [1.54, 1.807) is 6.07 Å². The van der Waals surface area contributed by atoms with Crippen molar-refractivity contribution in [2.45, 2.75) is 38.0 Å². The molecule has 2 fully saturated rings. The van der Waals surface area contributed by atoms with E-state index in [4.69, 9.17) is 0 Å². The Morgan fingerprint density at radius 3 is 2.71 bits per heavy atom. The van der Waals surface area contributed by atoms with Crippen molar-refractivity contribution in [3.05, 3.63) is 35.4 Å². The Morgan fingerprint density at radius 1 is 1.19 bits per heavy atom. The molecule has 1 aliphatic carbocycles. The van der Waals surface area contributed by atoms with Crippen LogP contribution in [0.1, 0.15) is 30.4 Å². The minimum atomic E-state index is -4.26. The predicted octanol–water partition coefficient (Wildman–Crippen LogP) is 3.28. The molecule has 0 amide bonds. The molecule has 116 valence electrons. The predicted molar refractivity (Wildman–Crippen MR) is 75.9 cm³/mol. The summed E-state index contributed by atoms with van der Waals surface area (Å²) >= 11 is 0. The summed E-state index contributed by atoms with van der Waals surface area (Å²) in [6.45, 7) is 3.71. The highest BCUT2D eigenvalue weighted by Crippen LogP contribution is 2.31. The van der Waals surface area contributed by atoms with Crippen molar-refractivity contribution in [2.75, 3.05) is 19.6 Å². The molecule has 2 nitrogen and oxygen atoms in total. The Bertz CT molecular complexity index is 483. The summed E-state index contributed by atoms with van der Waals surface area (Å²) in [6, 6.07) is 6.39. The third-order valence-corrected chi connectivity index (χ3v) is 4.40. The van der Waals surface area contributed by atoms with Crippen LogP contribution in [0, 0.1) is 5.92 Å². The first kappa shape index (κ1) is 14.9. The maximum absolute atomic E-state index is 12.6. The van der Waals surface area contributed by atoms with Gasteiger partial charge in [-0.25, -0.2) is 0 Å². The van der Waals surface area contributed by atoms with Crippen molar-refractivity contribution < 1.29 is 13.2 Å². The highest BCUT2D eigenvalue weighted by molar-refractivity contribution is 5.25. The molecule has 1 unspecified atom stereocenters. The van der Waals surface area contributed by atoms with E-state index >= 15 is 0 Å². The average molecular weight is 298 g/mol. The van der Waals surface area contributed by atoms with Gasteiger partial charge in [0.1, 0.15) is 0 Å². The lowest BCUT2D eigenvalue weighted by Crippen LogP contribution is -2.27. The lowest BCUT2D eigenvalue weighted by Gasteiger charge is -2.15. The van der Waals surface area contributed by atoms with Gasteiger partial charge in [-0.15, -0.1) is 0 Å². The molecule has 0 radical (unpaired) electrons. The van der Waals surface area contributed by atoms with Crippen LogP contribution in [-0.2, 0) is 12.7 Å². The molecule has 1 atom stereocenters. The summed E-state index contributed by atoms with van der Waals surface area (Å²) in [5, 5.41) is 3.31. The van der Waals surface area contributed by atoms with Gasteiger partial charge >= 0.3 is 6.18 Å². The van der Waals surface area contributed by atoms with Crippen molar-refractivity contribution in [3.8, 4) is 0 Å². The van der Waals surface area contributed by atoms with Crippen molar-refractivity contribution >= 4 is 0 Å². The highest BCUT2D eigenvalue weighted by atomic mass is 19.4. The summed E-state index contributed by atoms with van der Waals surface area (Å²) in [7, 11) is 0. The summed E-state index contributed by atoms with van der Waals surface area (Å²) < 4.78 is 37.9. The standard InChI is InChI=1S/C16H21F3N2/c17-16(18,19)14-3-1-2-12(8-14)9-20-10-13-6-7-21(11-13)15-4-5-15/h1-3,8,13,15,20H,4-7,9-11H2. The second-order valence-electron chi connectivity index (χ2n) is 6.21. The Labute approximate surface area is 123 Å². The van der Waals surface area contributed by atoms with Gasteiger partial charge in [0.2, 0.25) is 0 Å². The van der Waals surface area contributed by atoms with Crippen LogP contribution in [0.2, 0.25) is 0 Å². The molecule has 0 spiro atoms. The van der Waals surface area contributed by atoms with Gasteiger partial charge in [-0.1, -0.05) is 18.2 Å². The van der Waals surface area contributed by atoms with E-state index in [1.165, 1.54) is 37.9 Å². The smallest absolute Gasteiger partial charge is 0.312 e. The lowest BCUT2D eigenvalue weighted by molar-refractivity contribution is -0.137. The molecule has 1 saturated heterocycles. The molecule has 0 bridgehead atoms. The number of rotatable bonds is 5. The highest BCUT2D eigenvalue weighted by Gasteiger charge is 2.34. The quantitative estimate of drug-likeness (QED) is 0.897. The minimum absolute atomic E-state index is 0.504. The molecular formula is C16H21F3N2. The lowest BCUT2D eigenvalue weighted by atomic mass is 10.1. The van der Waals surface area contributed by atoms with E-state index in [2.05, 4.69) is 10.2 Å². The maximum atomic E-state index is 12.6. The van der Waals surface area contributed by atoms with Crippen molar-refractivity contribution in [1.82, 2.24) is 10.2 Å². The van der Waals surface area contributed by atoms with Crippen molar-refractivity contribution in [3.63, 3.8) is 0 Å². The van der Waals surface area contributed by atoms with E-state index in [1.807, 2.05) is 0 Å². The Morgan fingerprint density at radius 2 is 2.00 bits per heavy atom. The first-order chi connectivity index (χ1) is 10.0. The van der Waals surface area contributed by atoms with Gasteiger partial charge in [-0.2, -0.15) is 13.2 Å². The van der Waals surface area contributed by atoms with Crippen LogP contribution in [0.5, 0.6) is 0 Å². The monoisotopic (exact) mass is 298 g/mol. The average Bonchev–Trinajstić information content (AvgIpc) is 3.19. The van der Waals surface area contributed by atoms with Gasteiger partial charge in [0.05, 0.1) is 5.56 Å². The third-order valence-electron chi connectivity index (χ3n) is 4.40. The van der Waals surface area contributed by atoms with Gasteiger partial charge < -0.3 is 10.2 Å². The number of nitrogens with zero attached hydrogens (tertiary/aromatic N) is 1. The van der Waals surface area contributed by atoms with Gasteiger partial charge in [0.15, 0.2) is 0 Å². The van der Waals surface area contributed by atoms with E-state index in [9.17, 15) is 13.2 Å². The zero-order valence-electron chi connectivity index (χ0n) is 12.0. The molecule has 0 aromatic heterocycles. The van der Waals surface area contributed by atoms with Gasteiger partial charge in [0, 0.05) is 19.1 Å². The summed E-state index contributed by atoms with van der Waals surface area (Å²) in [6.07, 6.45) is -0.382. The first-order valence-electron chi connectivity index (χ1n) is 7.63. The number of benzene rings is 1. The summed E-state index contributed by atoms with van der Waals surface area (Å²) in [5.74, 6) is 0.636. The molecule has 1 saturated carbocycles. The normalized spacial score (nSPS) is 23.7. The summed E-state index contributed by atoms with van der Waals surface area (Å²) in [5.41, 5.74) is 0.129. The Kier molecular flexibility index (Phi) is 4.22. The van der Waals surface area contributed by atoms with Crippen LogP contribution in [-0.4, -0.2) is 30.6 Å². The second kappa shape index (κ2) is 5.97. The SMILES string of the molecule is FC(F)(F)c1cccc(CNCC2CCN(C3CC3)C2)c1. The number of hydrogen-bond acceptors (Lipinski definition) is 2. The van der Waals surface area contributed by atoms with Crippen molar-refractivity contribution in [1.29, 1.82) is 0 Å². The number of nitrogens with one attached hydrogen (secondary N) is 1. The van der Waals surface area contributed by atoms with Crippen LogP contribution in [0.4, 0.5) is 13.2 Å². The number of alkyl halides is 3. The number of halogens is 3. The fourth-order valence-corrected chi connectivity index (χ4v) is 3.08. The minimum Gasteiger partial charge on any atom is -0.312 e. The van der Waals surface area contributed by atoms with Crippen LogP contribution in [0.25, 0.3) is 0 Å². The fourth-order valence-electron chi connectivity index (χ4n) is 3.08. The molecule has 1 aromatic carbocycles. The number of hydrogen-bond donors (Lipinski definition) is 1. The molecule has 1 aliphatic heterocycles. The van der Waals surface area contributed by atoms with Crippen LogP contribution in [0.3, 0.4) is 0 Å². The number of likely N-dealkylation sites (tertiary alicyclic amines) is 1. The first-order valence-corrected chi connectivity index (χ1v) is 7.63. The molecule has 2 aliphatic rings. The molecule has 1 aromatic rings. The molecule has 1 heterocycles. The third kappa shape index (κ3) is 3.98. The van der Waals surface area contributed by atoms with E-state index in [-0.39, 0.29) is 0 Å². The van der Waals surface area contributed by atoms with Crippen LogP contribution in [0.15, 0.2) is 24.3 Å². The fraction of sp³-hybridized carbons (Fsp3) is 0.625. The van der Waals surface area contributed by atoms with E-state index in [0.717, 1.165) is 25.2 Å². The van der Waals surface area contributed by atoms with Crippen molar-refractivity contribution in [2.24, 2.45) is 5.92 Å². The Hall–Kier alpha value is -1.07. The zero-order chi connectivity index (χ0) is 14.9. The molecule has 1 N–H and O–H groups in total. The van der Waals surface area contributed by atoms with Crippen LogP contribution < -0.4 is 5.32 Å². The van der Waals surface area contributed by atoms with Gasteiger partial charge in [-0.3, -0.25) is 0 Å². The molecule has 5 heteroatoms. The van der Waals surface area contributed by atoms with Crippen LogP contribution >= 0.6 is 0 Å². The molecule has 21 heavy (non-hydrogen) atoms. The zero-order valence-corrected chi connectivity index (χ0v) is 12.0. The van der Waals surface area contributed by atoms with E-state index < -0.39 is 11.7 Å². The van der Waals surface area contributed by atoms with Gasteiger partial charge in [0.25, 0.3) is 0 Å². The largest absolute Gasteiger partial charge is 0.416 e. The molecular weight excluding hydrogens is 277 g/mol. The topological polar surface area (TPSA) is 15.3 Å². The maximum Gasteiger partial charge on any atom is 0.416 e. The Balaban J connectivity index is 1.45. The van der Waals surface area contributed by atoms with Gasteiger partial charge in [-0.05, 0) is 49.9 Å².